The van der Waals surface area contributed by atoms with Crippen molar-refractivity contribution in [3.63, 3.8) is 0 Å². The van der Waals surface area contributed by atoms with Gasteiger partial charge in [0.25, 0.3) is 0 Å². The van der Waals surface area contributed by atoms with Crippen molar-refractivity contribution in [2.75, 3.05) is 44.2 Å². The lowest BCUT2D eigenvalue weighted by atomic mass is 10.2. The Balaban J connectivity index is 1.45. The van der Waals surface area contributed by atoms with Gasteiger partial charge in [-0.1, -0.05) is 18.0 Å². The number of piperazine rings is 1. The van der Waals surface area contributed by atoms with E-state index in [4.69, 9.17) is 4.52 Å². The minimum absolute atomic E-state index is 0.0612. The number of nitrogens with zero attached hydrogens (tertiary/aromatic N) is 6. The Morgan fingerprint density at radius 3 is 2.45 bits per heavy atom. The van der Waals surface area contributed by atoms with E-state index in [-0.39, 0.29) is 11.8 Å². The van der Waals surface area contributed by atoms with E-state index in [1.54, 1.807) is 11.1 Å². The zero-order valence-electron chi connectivity index (χ0n) is 17.4. The Morgan fingerprint density at radius 1 is 1.03 bits per heavy atom. The highest BCUT2D eigenvalue weighted by molar-refractivity contribution is 5.90. The summed E-state index contributed by atoms with van der Waals surface area (Å²) in [5.74, 6) is 1.25. The van der Waals surface area contributed by atoms with Gasteiger partial charge in [-0.15, -0.1) is 0 Å². The lowest BCUT2D eigenvalue weighted by Gasteiger charge is -2.36. The van der Waals surface area contributed by atoms with E-state index in [9.17, 15) is 4.79 Å². The summed E-state index contributed by atoms with van der Waals surface area (Å²) in [5, 5.41) is 4.06. The number of hydrogen-bond acceptors (Lipinski definition) is 7. The highest BCUT2D eigenvalue weighted by Crippen LogP contribution is 2.23. The van der Waals surface area contributed by atoms with Crippen LogP contribution in [0.1, 0.15) is 50.2 Å². The van der Waals surface area contributed by atoms with Gasteiger partial charge >= 0.3 is 11.8 Å². The molecule has 2 saturated heterocycles. The molecular formula is C21H30N6O2. The van der Waals surface area contributed by atoms with E-state index >= 15 is 0 Å². The first-order valence-corrected chi connectivity index (χ1v) is 10.7. The van der Waals surface area contributed by atoms with Crippen LogP contribution in [0, 0.1) is 0 Å². The van der Waals surface area contributed by atoms with E-state index in [0.717, 1.165) is 37.6 Å². The van der Waals surface area contributed by atoms with Gasteiger partial charge in [0.15, 0.2) is 0 Å². The second-order valence-corrected chi connectivity index (χ2v) is 8.15. The number of aromatic nitrogens is 3. The van der Waals surface area contributed by atoms with Crippen LogP contribution in [0.25, 0.3) is 11.4 Å². The molecule has 0 bridgehead atoms. The minimum atomic E-state index is -0.186. The molecule has 8 nitrogen and oxygen atoms in total. The Kier molecular flexibility index (Phi) is 6.08. The molecule has 0 unspecified atom stereocenters. The maximum Gasteiger partial charge on any atom is 0.316 e. The fourth-order valence-electron chi connectivity index (χ4n) is 4.03. The summed E-state index contributed by atoms with van der Waals surface area (Å²) in [5.41, 5.74) is 0.826. The number of pyridine rings is 1. The molecule has 0 radical (unpaired) electrons. The summed E-state index contributed by atoms with van der Waals surface area (Å²) in [6.45, 7) is 9.50. The Hall–Kier alpha value is -2.48. The van der Waals surface area contributed by atoms with Crippen LogP contribution in [0.2, 0.25) is 0 Å². The van der Waals surface area contributed by atoms with Crippen LogP contribution in [0.15, 0.2) is 22.9 Å². The van der Waals surface area contributed by atoms with Crippen molar-refractivity contribution in [2.24, 2.45) is 0 Å². The molecule has 2 aromatic rings. The zero-order chi connectivity index (χ0) is 20.2. The van der Waals surface area contributed by atoms with E-state index in [1.807, 2.05) is 12.1 Å². The third kappa shape index (κ3) is 4.58. The van der Waals surface area contributed by atoms with Crippen molar-refractivity contribution in [1.82, 2.24) is 24.9 Å². The van der Waals surface area contributed by atoms with Gasteiger partial charge in [0, 0.05) is 57.1 Å². The Bertz CT molecular complexity index is 820. The molecule has 2 aromatic heterocycles. The fraction of sp³-hybridized carbons (Fsp3) is 0.619. The predicted octanol–water partition coefficient (Wildman–Crippen LogP) is 2.68. The monoisotopic (exact) mass is 398 g/mol. The van der Waals surface area contributed by atoms with Crippen LogP contribution < -0.4 is 4.90 Å². The maximum atomic E-state index is 12.8. The summed E-state index contributed by atoms with van der Waals surface area (Å²) in [6.07, 6.45) is 6.71. The molecule has 2 aliphatic heterocycles. The molecule has 0 atom stereocenters. The van der Waals surface area contributed by atoms with Gasteiger partial charge in [-0.05, 0) is 38.8 Å². The van der Waals surface area contributed by atoms with Crippen LogP contribution in [0.3, 0.4) is 0 Å². The van der Waals surface area contributed by atoms with Crippen LogP contribution >= 0.6 is 0 Å². The number of carbonyl (C=O) groups is 1. The Labute approximate surface area is 171 Å². The minimum Gasteiger partial charge on any atom is -0.357 e. The first-order valence-electron chi connectivity index (χ1n) is 10.7. The topological polar surface area (TPSA) is 78.6 Å². The van der Waals surface area contributed by atoms with Crippen molar-refractivity contribution in [2.45, 2.75) is 45.6 Å². The summed E-state index contributed by atoms with van der Waals surface area (Å²) in [6, 6.07) is 4.35. The molecule has 2 fully saturated rings. The van der Waals surface area contributed by atoms with Gasteiger partial charge in [0.05, 0.1) is 0 Å². The predicted molar refractivity (Wildman–Crippen MR) is 111 cm³/mol. The van der Waals surface area contributed by atoms with Crippen molar-refractivity contribution >= 4 is 11.7 Å². The molecule has 156 valence electrons. The molecule has 8 heteroatoms. The lowest BCUT2D eigenvalue weighted by Crippen LogP contribution is -2.50. The summed E-state index contributed by atoms with van der Waals surface area (Å²) >= 11 is 0. The van der Waals surface area contributed by atoms with Gasteiger partial charge in [-0.3, -0.25) is 9.69 Å². The van der Waals surface area contributed by atoms with Crippen LogP contribution in [-0.2, 0) is 0 Å². The molecule has 0 aliphatic carbocycles. The molecule has 4 heterocycles. The van der Waals surface area contributed by atoms with Gasteiger partial charge in [0.2, 0.25) is 5.82 Å². The largest absolute Gasteiger partial charge is 0.357 e. The van der Waals surface area contributed by atoms with Gasteiger partial charge in [0.1, 0.15) is 5.82 Å². The SMILES string of the molecule is CC(C)N1CCN(C(=O)c2nc(-c3ccnc(N4CCCCCC4)c3)no2)CC1. The molecule has 4 rings (SSSR count). The average molecular weight is 399 g/mol. The van der Waals surface area contributed by atoms with Crippen molar-refractivity contribution < 1.29 is 9.32 Å². The molecule has 0 spiro atoms. The first-order chi connectivity index (χ1) is 14.1. The molecule has 1 amide bonds. The highest BCUT2D eigenvalue weighted by atomic mass is 16.5. The molecular weight excluding hydrogens is 368 g/mol. The van der Waals surface area contributed by atoms with Crippen molar-refractivity contribution in [3.05, 3.63) is 24.2 Å². The average Bonchev–Trinajstić information content (AvgIpc) is 3.09. The third-order valence-electron chi connectivity index (χ3n) is 5.87. The first kappa shape index (κ1) is 19.8. The summed E-state index contributed by atoms with van der Waals surface area (Å²) in [7, 11) is 0. The van der Waals surface area contributed by atoms with E-state index in [1.165, 1.54) is 25.7 Å². The van der Waals surface area contributed by atoms with Crippen molar-refractivity contribution in [1.29, 1.82) is 0 Å². The molecule has 2 aliphatic rings. The van der Waals surface area contributed by atoms with Gasteiger partial charge in [-0.2, -0.15) is 4.98 Å². The summed E-state index contributed by atoms with van der Waals surface area (Å²) < 4.78 is 5.31. The molecule has 29 heavy (non-hydrogen) atoms. The van der Waals surface area contributed by atoms with Crippen LogP contribution in [0.5, 0.6) is 0 Å². The summed E-state index contributed by atoms with van der Waals surface area (Å²) in [4.78, 5) is 28.2. The number of hydrogen-bond donors (Lipinski definition) is 0. The molecule has 0 N–H and O–H groups in total. The second-order valence-electron chi connectivity index (χ2n) is 8.15. The molecule has 0 aromatic carbocycles. The van der Waals surface area contributed by atoms with Crippen molar-refractivity contribution in [3.8, 4) is 11.4 Å². The molecule has 0 saturated carbocycles. The second kappa shape index (κ2) is 8.90. The van der Waals surface area contributed by atoms with Crippen LogP contribution in [-0.4, -0.2) is 76.1 Å². The highest BCUT2D eigenvalue weighted by Gasteiger charge is 2.27. The number of rotatable bonds is 4. The Morgan fingerprint density at radius 2 is 1.76 bits per heavy atom. The maximum absolute atomic E-state index is 12.8. The van der Waals surface area contributed by atoms with E-state index in [0.29, 0.717) is 25.0 Å². The van der Waals surface area contributed by atoms with Crippen LogP contribution in [0.4, 0.5) is 5.82 Å². The number of anilines is 1. The van der Waals surface area contributed by atoms with E-state index in [2.05, 4.69) is 38.8 Å². The zero-order valence-corrected chi connectivity index (χ0v) is 17.4. The fourth-order valence-corrected chi connectivity index (χ4v) is 4.03. The van der Waals surface area contributed by atoms with Gasteiger partial charge in [-0.25, -0.2) is 4.98 Å². The third-order valence-corrected chi connectivity index (χ3v) is 5.87. The number of carbonyl (C=O) groups excluding carboxylic acids is 1. The smallest absolute Gasteiger partial charge is 0.316 e. The number of amides is 1. The standard InChI is InChI=1S/C21H30N6O2/c1-16(2)25-11-13-27(14-12-25)21(28)20-23-19(24-29-20)17-7-8-22-18(15-17)26-9-5-3-4-6-10-26/h7-8,15-16H,3-6,9-14H2,1-2H3. The quantitative estimate of drug-likeness (QED) is 0.783. The lowest BCUT2D eigenvalue weighted by molar-refractivity contribution is 0.0550. The van der Waals surface area contributed by atoms with Gasteiger partial charge < -0.3 is 14.3 Å². The van der Waals surface area contributed by atoms with E-state index < -0.39 is 0 Å². The normalized spacial score (nSPS) is 18.9.